The van der Waals surface area contributed by atoms with E-state index in [4.69, 9.17) is 16.3 Å². The van der Waals surface area contributed by atoms with E-state index in [1.807, 2.05) is 19.1 Å². The molecule has 0 aliphatic carbocycles. The van der Waals surface area contributed by atoms with Crippen LogP contribution in [-0.2, 0) is 19.6 Å². The van der Waals surface area contributed by atoms with Crippen molar-refractivity contribution >= 4 is 39.1 Å². The van der Waals surface area contributed by atoms with Crippen LogP contribution in [0, 0.1) is 6.92 Å². The van der Waals surface area contributed by atoms with Crippen LogP contribution in [0.3, 0.4) is 0 Å². The van der Waals surface area contributed by atoms with E-state index in [-0.39, 0.29) is 40.4 Å². The molecule has 2 amide bonds. The fourth-order valence-electron chi connectivity index (χ4n) is 4.10. The molecular weight excluding hydrogens is 466 g/mol. The average Bonchev–Trinajstić information content (AvgIpc) is 3.07. The van der Waals surface area contributed by atoms with Gasteiger partial charge < -0.3 is 10.1 Å². The number of ether oxygens (including phenoxy) is 1. The maximum atomic E-state index is 12.9. The first-order chi connectivity index (χ1) is 15.8. The summed E-state index contributed by atoms with van der Waals surface area (Å²) >= 11 is 6.32. The molecule has 33 heavy (non-hydrogen) atoms. The van der Waals surface area contributed by atoms with Crippen molar-refractivity contribution in [1.29, 1.82) is 0 Å². The largest absolute Gasteiger partial charge is 0.379 e. The number of nitrogens with zero attached hydrogens (tertiary/aromatic N) is 2. The van der Waals surface area contributed by atoms with Crippen LogP contribution in [0.25, 0.3) is 0 Å². The van der Waals surface area contributed by atoms with Gasteiger partial charge in [-0.2, -0.15) is 0 Å². The molecule has 2 aliphatic rings. The zero-order valence-corrected chi connectivity index (χ0v) is 19.9. The predicted octanol–water partition coefficient (Wildman–Crippen LogP) is 2.52. The molecule has 2 saturated heterocycles. The molecule has 1 atom stereocenters. The van der Waals surface area contributed by atoms with Crippen molar-refractivity contribution in [1.82, 2.24) is 10.2 Å². The van der Waals surface area contributed by atoms with Gasteiger partial charge in [0.25, 0.3) is 5.91 Å². The second-order valence-electron chi connectivity index (χ2n) is 8.17. The predicted molar refractivity (Wildman–Crippen MR) is 126 cm³/mol. The number of nitrogens with one attached hydrogen (secondary N) is 1. The highest BCUT2D eigenvalue weighted by Crippen LogP contribution is 2.30. The summed E-state index contributed by atoms with van der Waals surface area (Å²) in [6.45, 7) is 5.22. The van der Waals surface area contributed by atoms with Crippen LogP contribution < -0.4 is 9.62 Å². The van der Waals surface area contributed by atoms with Gasteiger partial charge in [-0.25, -0.2) is 12.7 Å². The van der Waals surface area contributed by atoms with Crippen LogP contribution in [0.15, 0.2) is 42.5 Å². The third-order valence-electron chi connectivity index (χ3n) is 5.91. The zero-order chi connectivity index (χ0) is 23.6. The second-order valence-corrected chi connectivity index (χ2v) is 10.5. The molecule has 1 unspecified atom stereocenters. The number of hydrogen-bond donors (Lipinski definition) is 1. The molecule has 2 aromatic carbocycles. The molecule has 2 aliphatic heterocycles. The monoisotopic (exact) mass is 491 g/mol. The fraction of sp³-hybridized carbons (Fsp3) is 0.391. The normalized spacial score (nSPS) is 19.5. The number of amides is 2. The number of carbonyl (C=O) groups is 2. The van der Waals surface area contributed by atoms with Crippen LogP contribution in [0.1, 0.15) is 33.9 Å². The number of rotatable bonds is 6. The highest BCUT2D eigenvalue weighted by atomic mass is 35.5. The van der Waals surface area contributed by atoms with E-state index in [0.717, 1.165) is 28.5 Å². The van der Waals surface area contributed by atoms with Crippen molar-refractivity contribution in [2.45, 2.75) is 19.4 Å². The summed E-state index contributed by atoms with van der Waals surface area (Å²) in [4.78, 5) is 27.2. The minimum absolute atomic E-state index is 0.0242. The van der Waals surface area contributed by atoms with E-state index in [9.17, 15) is 18.0 Å². The zero-order valence-electron chi connectivity index (χ0n) is 18.3. The minimum atomic E-state index is -3.70. The van der Waals surface area contributed by atoms with Crippen LogP contribution in [0.4, 0.5) is 5.69 Å². The van der Waals surface area contributed by atoms with E-state index in [1.54, 1.807) is 0 Å². The van der Waals surface area contributed by atoms with Crippen molar-refractivity contribution in [2.24, 2.45) is 0 Å². The van der Waals surface area contributed by atoms with Crippen molar-refractivity contribution in [3.05, 3.63) is 64.2 Å². The molecule has 1 N–H and O–H groups in total. The van der Waals surface area contributed by atoms with Gasteiger partial charge in [0.05, 0.1) is 41.3 Å². The van der Waals surface area contributed by atoms with E-state index in [0.29, 0.717) is 19.8 Å². The van der Waals surface area contributed by atoms with Gasteiger partial charge in [0.15, 0.2) is 0 Å². The molecule has 0 spiro atoms. The van der Waals surface area contributed by atoms with E-state index in [2.05, 4.69) is 22.3 Å². The lowest BCUT2D eigenvalue weighted by atomic mass is 10.0. The number of benzene rings is 2. The van der Waals surface area contributed by atoms with Gasteiger partial charge in [-0.05, 0) is 30.7 Å². The van der Waals surface area contributed by atoms with Crippen LogP contribution >= 0.6 is 11.6 Å². The quantitative estimate of drug-likeness (QED) is 0.667. The first-order valence-corrected chi connectivity index (χ1v) is 12.8. The number of carbonyl (C=O) groups excluding carboxylic acids is 2. The Morgan fingerprint density at radius 2 is 1.85 bits per heavy atom. The van der Waals surface area contributed by atoms with Crippen LogP contribution in [-0.4, -0.2) is 63.7 Å². The second kappa shape index (κ2) is 9.80. The maximum Gasteiger partial charge on any atom is 0.252 e. The first-order valence-electron chi connectivity index (χ1n) is 10.8. The number of hydrogen-bond acceptors (Lipinski definition) is 6. The maximum absolute atomic E-state index is 12.9. The smallest absolute Gasteiger partial charge is 0.252 e. The lowest BCUT2D eigenvalue weighted by Crippen LogP contribution is -2.43. The van der Waals surface area contributed by atoms with E-state index >= 15 is 0 Å². The summed E-state index contributed by atoms with van der Waals surface area (Å²) in [5.41, 5.74) is 2.62. The summed E-state index contributed by atoms with van der Waals surface area (Å²) < 4.78 is 30.5. The van der Waals surface area contributed by atoms with Gasteiger partial charge in [0.1, 0.15) is 0 Å². The van der Waals surface area contributed by atoms with Gasteiger partial charge in [-0.15, -0.1) is 0 Å². The summed E-state index contributed by atoms with van der Waals surface area (Å²) in [5, 5.41) is 3.04. The summed E-state index contributed by atoms with van der Waals surface area (Å²) in [6, 6.07) is 12.4. The number of morpholine rings is 1. The molecule has 4 rings (SSSR count). The van der Waals surface area contributed by atoms with Gasteiger partial charge in [-0.3, -0.25) is 14.5 Å². The Hall–Kier alpha value is -2.46. The summed E-state index contributed by atoms with van der Waals surface area (Å²) in [5.74, 6) is -1.10. The van der Waals surface area contributed by atoms with Crippen molar-refractivity contribution in [3.63, 3.8) is 0 Å². The lowest BCUT2D eigenvalue weighted by Gasteiger charge is -2.35. The van der Waals surface area contributed by atoms with Crippen LogP contribution in [0.2, 0.25) is 5.02 Å². The Balaban J connectivity index is 1.50. The first kappa shape index (κ1) is 23.7. The molecule has 0 bridgehead atoms. The third-order valence-corrected chi connectivity index (χ3v) is 7.92. The third kappa shape index (κ3) is 5.22. The standard InChI is InChI=1S/C23H26ClN3O5S/c1-16-2-4-17(5-3-16)21(26-9-11-32-12-10-26)15-25-23(29)19-7-6-18(14-20(19)24)27-22(28)8-13-33(27,30)31/h2-7,14,21H,8-13,15H2,1H3,(H,25,29). The number of sulfonamides is 1. The highest BCUT2D eigenvalue weighted by molar-refractivity contribution is 7.94. The van der Waals surface area contributed by atoms with Gasteiger partial charge in [-0.1, -0.05) is 41.4 Å². The molecule has 0 aromatic heterocycles. The molecule has 176 valence electrons. The summed E-state index contributed by atoms with van der Waals surface area (Å²) in [7, 11) is -3.70. The Kier molecular flexibility index (Phi) is 7.04. The Morgan fingerprint density at radius 3 is 2.45 bits per heavy atom. The van der Waals surface area contributed by atoms with Gasteiger partial charge in [0, 0.05) is 26.1 Å². The Bertz CT molecular complexity index is 1150. The topological polar surface area (TPSA) is 96.0 Å². The van der Waals surface area contributed by atoms with E-state index < -0.39 is 15.9 Å². The van der Waals surface area contributed by atoms with Gasteiger partial charge in [0.2, 0.25) is 15.9 Å². The highest BCUT2D eigenvalue weighted by Gasteiger charge is 2.36. The molecule has 2 aromatic rings. The fourth-order valence-corrected chi connectivity index (χ4v) is 5.82. The molecular formula is C23H26ClN3O5S. The lowest BCUT2D eigenvalue weighted by molar-refractivity contribution is -0.116. The molecule has 2 heterocycles. The molecule has 0 saturated carbocycles. The van der Waals surface area contributed by atoms with Crippen molar-refractivity contribution < 1.29 is 22.7 Å². The van der Waals surface area contributed by atoms with Crippen LogP contribution in [0.5, 0.6) is 0 Å². The molecule has 8 nitrogen and oxygen atoms in total. The number of aryl methyl sites for hydroxylation is 1. The van der Waals surface area contributed by atoms with Crippen molar-refractivity contribution in [3.8, 4) is 0 Å². The van der Waals surface area contributed by atoms with E-state index in [1.165, 1.54) is 18.2 Å². The molecule has 10 heteroatoms. The molecule has 0 radical (unpaired) electrons. The van der Waals surface area contributed by atoms with Crippen molar-refractivity contribution in [2.75, 3.05) is 42.9 Å². The summed E-state index contributed by atoms with van der Waals surface area (Å²) in [6.07, 6.45) is -0.0653. The number of halogens is 1. The molecule has 2 fully saturated rings. The van der Waals surface area contributed by atoms with Gasteiger partial charge >= 0.3 is 0 Å². The Morgan fingerprint density at radius 1 is 1.15 bits per heavy atom. The SMILES string of the molecule is Cc1ccc(C(CNC(=O)c2ccc(N3C(=O)CCS3(=O)=O)cc2Cl)N2CCOCC2)cc1. The number of anilines is 1. The minimum Gasteiger partial charge on any atom is -0.379 e. The average molecular weight is 492 g/mol. The Labute approximate surface area is 198 Å².